The highest BCUT2D eigenvalue weighted by Crippen LogP contribution is 2.68. The zero-order chi connectivity index (χ0) is 22.4. The summed E-state index contributed by atoms with van der Waals surface area (Å²) < 4.78 is 0. The Morgan fingerprint density at radius 2 is 1.77 bits per heavy atom. The van der Waals surface area contributed by atoms with E-state index in [1.54, 1.807) is 6.08 Å². The molecule has 0 bridgehead atoms. The smallest absolute Gasteiger partial charge is 0.143 e. The molecule has 2 heteroatoms. The summed E-state index contributed by atoms with van der Waals surface area (Å²) in [5.74, 6) is 4.97. The van der Waals surface area contributed by atoms with Crippen LogP contribution in [0.2, 0.25) is 0 Å². The van der Waals surface area contributed by atoms with Gasteiger partial charge < -0.3 is 5.11 Å². The number of hydrogen-bond acceptors (Lipinski definition) is 2. The average molecular weight is 427 g/mol. The monoisotopic (exact) mass is 426 g/mol. The molecule has 0 aromatic carbocycles. The molecule has 4 rings (SSSR count). The number of allylic oxidation sites excluding steroid dienone is 3. The second-order valence-corrected chi connectivity index (χ2v) is 12.4. The molecule has 0 spiro atoms. The molecule has 0 aliphatic heterocycles. The lowest BCUT2D eigenvalue weighted by molar-refractivity contribution is -0.129. The average Bonchev–Trinajstić information content (AvgIpc) is 3.08. The highest BCUT2D eigenvalue weighted by Gasteiger charge is 2.60. The van der Waals surface area contributed by atoms with Gasteiger partial charge in [0.1, 0.15) is 6.29 Å². The zero-order valence-electron chi connectivity index (χ0n) is 20.5. The number of aldehydes is 1. The second kappa shape index (κ2) is 8.81. The van der Waals surface area contributed by atoms with Crippen LogP contribution >= 0.6 is 0 Å². The summed E-state index contributed by atoms with van der Waals surface area (Å²) in [6.45, 7) is 13.8. The van der Waals surface area contributed by atoms with E-state index in [0.29, 0.717) is 16.7 Å². The van der Waals surface area contributed by atoms with Crippen molar-refractivity contribution in [2.45, 2.75) is 104 Å². The minimum Gasteiger partial charge on any atom is -0.393 e. The molecule has 2 nitrogen and oxygen atoms in total. The molecular formula is C29H46O2. The van der Waals surface area contributed by atoms with E-state index in [0.717, 1.165) is 66.3 Å². The lowest BCUT2D eigenvalue weighted by atomic mass is 9.44. The number of aliphatic hydroxyl groups excluding tert-OH is 1. The first-order valence-corrected chi connectivity index (χ1v) is 13.2. The fourth-order valence-corrected chi connectivity index (χ4v) is 9.32. The molecule has 4 fully saturated rings. The summed E-state index contributed by atoms with van der Waals surface area (Å²) in [6.07, 6.45) is 16.5. The summed E-state index contributed by atoms with van der Waals surface area (Å²) in [5.41, 5.74) is 3.15. The van der Waals surface area contributed by atoms with Gasteiger partial charge in [0.25, 0.3) is 0 Å². The van der Waals surface area contributed by atoms with E-state index in [1.807, 2.05) is 6.92 Å². The lowest BCUT2D eigenvalue weighted by Crippen LogP contribution is -2.54. The second-order valence-electron chi connectivity index (χ2n) is 12.4. The summed E-state index contributed by atoms with van der Waals surface area (Å²) in [5, 5.41) is 10.3. The summed E-state index contributed by atoms with van der Waals surface area (Å²) in [6, 6.07) is 0. The number of aliphatic hydroxyl groups is 1. The molecule has 174 valence electrons. The van der Waals surface area contributed by atoms with Crippen molar-refractivity contribution in [2.75, 3.05) is 0 Å². The normalized spacial score (nSPS) is 45.9. The first-order valence-electron chi connectivity index (χ1n) is 13.2. The molecule has 31 heavy (non-hydrogen) atoms. The Labute approximate surface area is 191 Å². The fraction of sp³-hybridized carbons (Fsp3) is 0.828. The van der Waals surface area contributed by atoms with Gasteiger partial charge in [-0.2, -0.15) is 0 Å². The van der Waals surface area contributed by atoms with Crippen LogP contribution in [0.3, 0.4) is 0 Å². The number of fused-ring (bicyclic) bond motifs is 5. The van der Waals surface area contributed by atoms with Gasteiger partial charge in [0.05, 0.1) is 6.10 Å². The van der Waals surface area contributed by atoms with Crippen molar-refractivity contribution in [3.8, 4) is 0 Å². The van der Waals surface area contributed by atoms with Gasteiger partial charge in [0, 0.05) is 0 Å². The van der Waals surface area contributed by atoms with Gasteiger partial charge in [0.15, 0.2) is 0 Å². The molecule has 0 aromatic heterocycles. The Morgan fingerprint density at radius 3 is 2.48 bits per heavy atom. The standard InChI is InChI=1S/C29H46O2/c1-19(2)21(14-17-30)7-6-20(3)25-10-11-26-24-9-8-22-18-23(31)12-15-28(22,4)27(24)13-16-29(25,26)5/h14,17,20,22-27,31H,1,6-13,15-16,18H2,2-5H3. The van der Waals surface area contributed by atoms with Crippen molar-refractivity contribution in [1.82, 2.24) is 0 Å². The molecule has 9 atom stereocenters. The number of carbonyl (C=O) groups excluding carboxylic acids is 1. The molecular weight excluding hydrogens is 380 g/mol. The van der Waals surface area contributed by atoms with Gasteiger partial charge in [-0.05, 0) is 136 Å². The third-order valence-corrected chi connectivity index (χ3v) is 11.1. The SMILES string of the molecule is C=C(C)C(=CC=O)CCC(C)C1CCC2C3CCC4CC(O)CCC4(C)C3CCC12C. The van der Waals surface area contributed by atoms with E-state index in [-0.39, 0.29) is 6.10 Å². The molecule has 4 saturated carbocycles. The first kappa shape index (κ1) is 23.3. The van der Waals surface area contributed by atoms with Crippen LogP contribution in [0.1, 0.15) is 98.3 Å². The van der Waals surface area contributed by atoms with Crippen molar-refractivity contribution in [3.05, 3.63) is 23.8 Å². The van der Waals surface area contributed by atoms with E-state index in [4.69, 9.17) is 0 Å². The van der Waals surface area contributed by atoms with Crippen LogP contribution in [0.4, 0.5) is 0 Å². The third-order valence-electron chi connectivity index (χ3n) is 11.1. The minimum absolute atomic E-state index is 0.0439. The van der Waals surface area contributed by atoms with Gasteiger partial charge in [0.2, 0.25) is 0 Å². The first-order chi connectivity index (χ1) is 14.7. The van der Waals surface area contributed by atoms with Gasteiger partial charge in [-0.15, -0.1) is 0 Å². The number of hydrogen-bond donors (Lipinski definition) is 1. The zero-order valence-corrected chi connectivity index (χ0v) is 20.5. The minimum atomic E-state index is -0.0439. The van der Waals surface area contributed by atoms with Crippen molar-refractivity contribution >= 4 is 6.29 Å². The van der Waals surface area contributed by atoms with Crippen LogP contribution in [-0.2, 0) is 4.79 Å². The van der Waals surface area contributed by atoms with Crippen molar-refractivity contribution in [2.24, 2.45) is 46.3 Å². The number of carbonyl (C=O) groups is 1. The Bertz CT molecular complexity index is 722. The van der Waals surface area contributed by atoms with Crippen LogP contribution in [0, 0.1) is 46.3 Å². The maximum Gasteiger partial charge on any atom is 0.143 e. The van der Waals surface area contributed by atoms with E-state index in [2.05, 4.69) is 27.4 Å². The quantitative estimate of drug-likeness (QED) is 0.279. The Morgan fingerprint density at radius 1 is 1.06 bits per heavy atom. The van der Waals surface area contributed by atoms with Gasteiger partial charge in [-0.3, -0.25) is 4.79 Å². The fourth-order valence-electron chi connectivity index (χ4n) is 9.32. The molecule has 0 amide bonds. The predicted octanol–water partition coefficient (Wildman–Crippen LogP) is 7.12. The van der Waals surface area contributed by atoms with E-state index in [1.165, 1.54) is 51.4 Å². The van der Waals surface area contributed by atoms with Crippen molar-refractivity contribution in [3.63, 3.8) is 0 Å². The molecule has 9 unspecified atom stereocenters. The van der Waals surface area contributed by atoms with E-state index in [9.17, 15) is 9.90 Å². The molecule has 0 saturated heterocycles. The Hall–Kier alpha value is -0.890. The van der Waals surface area contributed by atoms with Gasteiger partial charge in [-0.1, -0.05) is 32.9 Å². The van der Waals surface area contributed by atoms with Crippen LogP contribution < -0.4 is 0 Å². The molecule has 0 radical (unpaired) electrons. The largest absolute Gasteiger partial charge is 0.393 e. The van der Waals surface area contributed by atoms with Crippen molar-refractivity contribution in [1.29, 1.82) is 0 Å². The highest BCUT2D eigenvalue weighted by molar-refractivity contribution is 5.67. The van der Waals surface area contributed by atoms with E-state index < -0.39 is 0 Å². The van der Waals surface area contributed by atoms with Crippen LogP contribution in [0.5, 0.6) is 0 Å². The Balaban J connectivity index is 1.46. The lowest BCUT2D eigenvalue weighted by Gasteiger charge is -2.61. The maximum absolute atomic E-state index is 11.0. The predicted molar refractivity (Wildman–Crippen MR) is 129 cm³/mol. The summed E-state index contributed by atoms with van der Waals surface area (Å²) >= 11 is 0. The van der Waals surface area contributed by atoms with Gasteiger partial charge >= 0.3 is 0 Å². The topological polar surface area (TPSA) is 37.3 Å². The van der Waals surface area contributed by atoms with Crippen LogP contribution in [-0.4, -0.2) is 17.5 Å². The molecule has 4 aliphatic rings. The summed E-state index contributed by atoms with van der Waals surface area (Å²) in [7, 11) is 0. The summed E-state index contributed by atoms with van der Waals surface area (Å²) in [4.78, 5) is 11.0. The van der Waals surface area contributed by atoms with Crippen LogP contribution in [0.15, 0.2) is 23.8 Å². The third kappa shape index (κ3) is 4.00. The highest BCUT2D eigenvalue weighted by atomic mass is 16.3. The number of rotatable bonds is 6. The van der Waals surface area contributed by atoms with Gasteiger partial charge in [-0.25, -0.2) is 0 Å². The molecule has 0 heterocycles. The molecule has 1 N–H and O–H groups in total. The molecule has 4 aliphatic carbocycles. The maximum atomic E-state index is 11.0. The van der Waals surface area contributed by atoms with Crippen molar-refractivity contribution < 1.29 is 9.90 Å². The van der Waals surface area contributed by atoms with Crippen LogP contribution in [0.25, 0.3) is 0 Å². The van der Waals surface area contributed by atoms with E-state index >= 15 is 0 Å². The Kier molecular flexibility index (Phi) is 6.61. The molecule has 0 aromatic rings.